The largest absolute Gasteiger partial charge is 0.484 e. The lowest BCUT2D eigenvalue weighted by Crippen LogP contribution is -2.20. The number of carbonyl (C=O) groups is 1. The van der Waals surface area contributed by atoms with Gasteiger partial charge in [0.15, 0.2) is 16.4 Å². The Bertz CT molecular complexity index is 1110. The maximum atomic E-state index is 12.3. The zero-order chi connectivity index (χ0) is 21.0. The van der Waals surface area contributed by atoms with E-state index in [0.717, 1.165) is 0 Å². The van der Waals surface area contributed by atoms with Gasteiger partial charge in [-0.05, 0) is 56.3 Å². The number of sulfone groups is 1. The van der Waals surface area contributed by atoms with Crippen LogP contribution in [0.1, 0.15) is 13.8 Å². The number of halogens is 1. The van der Waals surface area contributed by atoms with Crippen LogP contribution in [0, 0.1) is 0 Å². The quantitative estimate of drug-likeness (QED) is 0.603. The van der Waals surface area contributed by atoms with E-state index in [-0.39, 0.29) is 23.4 Å². The molecule has 0 saturated heterocycles. The topological polar surface area (TPSA) is 111 Å². The Labute approximate surface area is 172 Å². The molecule has 3 rings (SSSR count). The van der Waals surface area contributed by atoms with Gasteiger partial charge in [-0.1, -0.05) is 22.8 Å². The van der Waals surface area contributed by atoms with E-state index in [1.807, 2.05) is 0 Å². The molecule has 0 aliphatic rings. The molecule has 0 radical (unpaired) electrons. The van der Waals surface area contributed by atoms with Crippen LogP contribution >= 0.6 is 11.6 Å². The van der Waals surface area contributed by atoms with Crippen LogP contribution in [-0.2, 0) is 14.6 Å². The summed E-state index contributed by atoms with van der Waals surface area (Å²) >= 11 is 5.79. The van der Waals surface area contributed by atoms with Crippen LogP contribution < -0.4 is 10.1 Å². The Hall–Kier alpha value is -2.91. The molecule has 1 heterocycles. The van der Waals surface area contributed by atoms with Gasteiger partial charge in [0, 0.05) is 10.6 Å². The first-order valence-corrected chi connectivity index (χ1v) is 10.5. The van der Waals surface area contributed by atoms with Crippen molar-refractivity contribution >= 4 is 33.4 Å². The van der Waals surface area contributed by atoms with Crippen LogP contribution in [-0.4, -0.2) is 36.4 Å². The Morgan fingerprint density at radius 1 is 1.17 bits per heavy atom. The minimum atomic E-state index is -3.44. The van der Waals surface area contributed by atoms with E-state index in [2.05, 4.69) is 15.5 Å². The van der Waals surface area contributed by atoms with Crippen LogP contribution in [0.5, 0.6) is 5.75 Å². The molecule has 1 amide bonds. The smallest absolute Gasteiger partial charge is 0.322 e. The molecule has 2 aromatic carbocycles. The van der Waals surface area contributed by atoms with Gasteiger partial charge >= 0.3 is 6.01 Å². The third-order valence-electron chi connectivity index (χ3n) is 3.89. The second-order valence-electron chi connectivity index (χ2n) is 6.32. The molecule has 29 heavy (non-hydrogen) atoms. The fraction of sp³-hybridized carbons (Fsp3) is 0.211. The standard InChI is InChI=1S/C19H18ClN3O5S/c1-12(2)29(25,26)16-5-3-4-13(10-16)18-22-23-19(28-18)21-17(24)11-27-15-8-6-14(20)7-9-15/h3-10,12H,11H2,1-2H3,(H,21,23,24). The van der Waals surface area contributed by atoms with E-state index < -0.39 is 21.0 Å². The molecule has 0 spiro atoms. The van der Waals surface area contributed by atoms with E-state index in [4.69, 9.17) is 20.8 Å². The Morgan fingerprint density at radius 2 is 1.90 bits per heavy atom. The summed E-state index contributed by atoms with van der Waals surface area (Å²) in [7, 11) is -3.44. The third kappa shape index (κ3) is 5.12. The van der Waals surface area contributed by atoms with Gasteiger partial charge < -0.3 is 9.15 Å². The molecule has 0 bridgehead atoms. The number of carbonyl (C=O) groups excluding carboxylic acids is 1. The van der Waals surface area contributed by atoms with Crippen molar-refractivity contribution in [2.45, 2.75) is 24.0 Å². The van der Waals surface area contributed by atoms with Gasteiger partial charge in [0.2, 0.25) is 5.89 Å². The highest BCUT2D eigenvalue weighted by atomic mass is 35.5. The number of hydrogen-bond acceptors (Lipinski definition) is 7. The van der Waals surface area contributed by atoms with E-state index in [0.29, 0.717) is 16.3 Å². The predicted octanol–water partition coefficient (Wildman–Crippen LogP) is 3.59. The number of amides is 1. The summed E-state index contributed by atoms with van der Waals surface area (Å²) in [4.78, 5) is 12.1. The number of hydrogen-bond donors (Lipinski definition) is 1. The molecule has 3 aromatic rings. The second kappa shape index (κ2) is 8.62. The molecule has 1 N–H and O–H groups in total. The fourth-order valence-corrected chi connectivity index (χ4v) is 3.53. The number of aromatic nitrogens is 2. The highest BCUT2D eigenvalue weighted by molar-refractivity contribution is 7.92. The van der Waals surface area contributed by atoms with Crippen molar-refractivity contribution in [1.29, 1.82) is 0 Å². The Balaban J connectivity index is 1.66. The average Bonchev–Trinajstić information content (AvgIpc) is 3.16. The summed E-state index contributed by atoms with van der Waals surface area (Å²) in [6.07, 6.45) is 0. The summed E-state index contributed by atoms with van der Waals surface area (Å²) in [6.45, 7) is 2.95. The molecule has 152 valence electrons. The van der Waals surface area contributed by atoms with Crippen LogP contribution in [0.4, 0.5) is 6.01 Å². The molecule has 10 heteroatoms. The van der Waals surface area contributed by atoms with Gasteiger partial charge in [0.25, 0.3) is 5.91 Å². The fourth-order valence-electron chi connectivity index (χ4n) is 2.30. The van der Waals surface area contributed by atoms with Crippen molar-refractivity contribution in [2.75, 3.05) is 11.9 Å². The average molecular weight is 436 g/mol. The first-order valence-electron chi connectivity index (χ1n) is 8.62. The number of nitrogens with one attached hydrogen (secondary N) is 1. The van der Waals surface area contributed by atoms with E-state index >= 15 is 0 Å². The van der Waals surface area contributed by atoms with E-state index in [1.165, 1.54) is 12.1 Å². The number of ether oxygens (including phenoxy) is 1. The van der Waals surface area contributed by atoms with Gasteiger partial charge in [-0.2, -0.15) is 0 Å². The van der Waals surface area contributed by atoms with Gasteiger partial charge in [-0.15, -0.1) is 5.10 Å². The van der Waals surface area contributed by atoms with Gasteiger partial charge in [-0.3, -0.25) is 10.1 Å². The monoisotopic (exact) mass is 435 g/mol. The molecule has 0 atom stereocenters. The maximum absolute atomic E-state index is 12.3. The maximum Gasteiger partial charge on any atom is 0.322 e. The molecule has 1 aromatic heterocycles. The highest BCUT2D eigenvalue weighted by Gasteiger charge is 2.20. The first kappa shape index (κ1) is 20.8. The molecular weight excluding hydrogens is 418 g/mol. The zero-order valence-electron chi connectivity index (χ0n) is 15.6. The minimum Gasteiger partial charge on any atom is -0.484 e. The van der Waals surface area contributed by atoms with Gasteiger partial charge in [0.05, 0.1) is 10.1 Å². The van der Waals surface area contributed by atoms with Gasteiger partial charge in [0.1, 0.15) is 5.75 Å². The highest BCUT2D eigenvalue weighted by Crippen LogP contribution is 2.24. The SMILES string of the molecule is CC(C)S(=O)(=O)c1cccc(-c2nnc(NC(=O)COc3ccc(Cl)cc3)o2)c1. The summed E-state index contributed by atoms with van der Waals surface area (Å²) in [5, 5.41) is 10.0. The van der Waals surface area contributed by atoms with Gasteiger partial charge in [-0.25, -0.2) is 8.42 Å². The van der Waals surface area contributed by atoms with Crippen LogP contribution in [0.15, 0.2) is 57.8 Å². The van der Waals surface area contributed by atoms with Crippen molar-refractivity contribution in [3.8, 4) is 17.2 Å². The minimum absolute atomic E-state index is 0.0831. The lowest BCUT2D eigenvalue weighted by molar-refractivity contribution is -0.118. The van der Waals surface area contributed by atoms with Crippen LogP contribution in [0.25, 0.3) is 11.5 Å². The molecule has 8 nitrogen and oxygen atoms in total. The van der Waals surface area contributed by atoms with Crippen LogP contribution in [0.3, 0.4) is 0 Å². The van der Waals surface area contributed by atoms with E-state index in [9.17, 15) is 13.2 Å². The third-order valence-corrected chi connectivity index (χ3v) is 6.29. The normalized spacial score (nSPS) is 11.4. The van der Waals surface area contributed by atoms with Crippen molar-refractivity contribution in [3.05, 3.63) is 53.6 Å². The number of nitrogens with zero attached hydrogens (tertiary/aromatic N) is 2. The molecule has 0 aliphatic heterocycles. The number of benzene rings is 2. The first-order chi connectivity index (χ1) is 13.8. The zero-order valence-corrected chi connectivity index (χ0v) is 17.2. The Kier molecular flexibility index (Phi) is 6.19. The number of anilines is 1. The van der Waals surface area contributed by atoms with Crippen LogP contribution in [0.2, 0.25) is 5.02 Å². The molecule has 0 aliphatic carbocycles. The second-order valence-corrected chi connectivity index (χ2v) is 9.27. The lowest BCUT2D eigenvalue weighted by Gasteiger charge is -2.08. The van der Waals surface area contributed by atoms with Crippen molar-refractivity contribution in [3.63, 3.8) is 0 Å². The molecular formula is C19H18ClN3O5S. The van der Waals surface area contributed by atoms with Crippen molar-refractivity contribution < 1.29 is 22.4 Å². The summed E-state index contributed by atoms with van der Waals surface area (Å²) in [6, 6.07) is 12.6. The molecule has 0 fully saturated rings. The molecule has 0 saturated carbocycles. The van der Waals surface area contributed by atoms with E-state index in [1.54, 1.807) is 50.2 Å². The number of rotatable bonds is 7. The summed E-state index contributed by atoms with van der Waals surface area (Å²) in [5.41, 5.74) is 0.428. The van der Waals surface area contributed by atoms with Crippen molar-refractivity contribution in [2.24, 2.45) is 0 Å². The summed E-state index contributed by atoms with van der Waals surface area (Å²) < 4.78 is 35.4. The Morgan fingerprint density at radius 3 is 2.59 bits per heavy atom. The lowest BCUT2D eigenvalue weighted by atomic mass is 10.2. The predicted molar refractivity (Wildman–Crippen MR) is 108 cm³/mol. The molecule has 0 unspecified atom stereocenters. The summed E-state index contributed by atoms with van der Waals surface area (Å²) in [5.74, 6) is 0.0740. The van der Waals surface area contributed by atoms with Crippen molar-refractivity contribution in [1.82, 2.24) is 10.2 Å².